The van der Waals surface area contributed by atoms with Crippen molar-refractivity contribution in [2.75, 3.05) is 13.2 Å². The minimum atomic E-state index is -4.05. The van der Waals surface area contributed by atoms with Gasteiger partial charge < -0.3 is 20.1 Å². The Kier molecular flexibility index (Phi) is 7.05. The number of aliphatic hydroxyl groups is 3. The summed E-state index contributed by atoms with van der Waals surface area (Å²) < 4.78 is 33.9. The summed E-state index contributed by atoms with van der Waals surface area (Å²) in [5.41, 5.74) is -0.801. The Morgan fingerprint density at radius 2 is 1.91 bits per heavy atom. The average molecular weight is 555 g/mol. The van der Waals surface area contributed by atoms with Crippen LogP contribution >= 0.6 is 0 Å². The SMILES string of the molecule is Cc1ccc(S(=O)(=O)OCC2(CO)O[CH-]C(O)C2O)cc1.[U+2]. The van der Waals surface area contributed by atoms with Gasteiger partial charge >= 0.3 is 31.1 Å². The zero-order valence-corrected chi connectivity index (χ0v) is 16.8. The molecular weight excluding hydrogens is 538 g/mol. The van der Waals surface area contributed by atoms with E-state index in [4.69, 9.17) is 8.92 Å². The molecule has 0 amide bonds. The van der Waals surface area contributed by atoms with Crippen LogP contribution in [0.1, 0.15) is 5.56 Å². The van der Waals surface area contributed by atoms with Crippen molar-refractivity contribution < 1.29 is 63.8 Å². The summed E-state index contributed by atoms with van der Waals surface area (Å²) in [7, 11) is -4.05. The maximum absolute atomic E-state index is 12.0. The molecule has 22 heavy (non-hydrogen) atoms. The van der Waals surface area contributed by atoms with Crippen LogP contribution in [0.4, 0.5) is 0 Å². The molecule has 1 aromatic rings. The molecule has 3 N–H and O–H groups in total. The normalized spacial score (nSPS) is 28.4. The largest absolute Gasteiger partial charge is 2.00 e. The summed E-state index contributed by atoms with van der Waals surface area (Å²) >= 11 is 0. The topological polar surface area (TPSA) is 113 Å². The van der Waals surface area contributed by atoms with Crippen molar-refractivity contribution in [3.05, 3.63) is 36.4 Å². The Hall–Kier alpha value is 0.0219. The van der Waals surface area contributed by atoms with Crippen LogP contribution < -0.4 is 0 Å². The Morgan fingerprint density at radius 3 is 2.36 bits per heavy atom. The molecule has 0 aliphatic carbocycles. The molecule has 1 aliphatic heterocycles. The standard InChI is InChI=1S/C13H17O7S.U/c1-9-2-4-10(5-3-9)21(17,18)20-8-13(7-14)12(16)11(15)6-19-13;/h2-6,11-12,14-16H,7-8H2,1H3;/q-1;+2. The molecule has 3 unspecified atom stereocenters. The summed E-state index contributed by atoms with van der Waals surface area (Å²) in [6.07, 6.45) is -2.79. The Morgan fingerprint density at radius 1 is 1.32 bits per heavy atom. The average Bonchev–Trinajstić information content (AvgIpc) is 2.74. The fraction of sp³-hybridized carbons (Fsp3) is 0.462. The summed E-state index contributed by atoms with van der Waals surface area (Å²) in [5, 5.41) is 28.5. The maximum atomic E-state index is 12.0. The summed E-state index contributed by atoms with van der Waals surface area (Å²) in [6, 6.07) is 6.03. The van der Waals surface area contributed by atoms with Gasteiger partial charge in [-0.1, -0.05) is 17.7 Å². The molecule has 0 saturated carbocycles. The zero-order valence-electron chi connectivity index (χ0n) is 11.8. The van der Waals surface area contributed by atoms with Crippen LogP contribution in [0.2, 0.25) is 0 Å². The monoisotopic (exact) mass is 555 g/mol. The molecule has 120 valence electrons. The van der Waals surface area contributed by atoms with Gasteiger partial charge in [-0.15, -0.1) is 0 Å². The minimum absolute atomic E-state index is 0. The third kappa shape index (κ3) is 4.10. The third-order valence-electron chi connectivity index (χ3n) is 3.34. The van der Waals surface area contributed by atoms with E-state index in [1.807, 2.05) is 6.92 Å². The summed E-state index contributed by atoms with van der Waals surface area (Å²) in [5.74, 6) is 0. The van der Waals surface area contributed by atoms with Crippen molar-refractivity contribution in [2.45, 2.75) is 29.6 Å². The van der Waals surface area contributed by atoms with Crippen molar-refractivity contribution in [3.63, 3.8) is 0 Å². The van der Waals surface area contributed by atoms with Crippen molar-refractivity contribution >= 4 is 10.1 Å². The molecule has 0 spiro atoms. The first-order chi connectivity index (χ1) is 9.81. The zero-order chi connectivity index (χ0) is 15.7. The molecule has 1 fully saturated rings. The van der Waals surface area contributed by atoms with Gasteiger partial charge in [0.15, 0.2) is 0 Å². The van der Waals surface area contributed by atoms with Crippen molar-refractivity contribution in [1.29, 1.82) is 0 Å². The van der Waals surface area contributed by atoms with Gasteiger partial charge in [-0.2, -0.15) is 15.0 Å². The molecule has 2 rings (SSSR count). The smallest absolute Gasteiger partial charge is 0.540 e. The Labute approximate surface area is 152 Å². The van der Waals surface area contributed by atoms with E-state index >= 15 is 0 Å². The third-order valence-corrected chi connectivity index (χ3v) is 4.62. The van der Waals surface area contributed by atoms with E-state index in [1.54, 1.807) is 12.1 Å². The summed E-state index contributed by atoms with van der Waals surface area (Å²) in [4.78, 5) is -0.0433. The molecule has 0 radical (unpaired) electrons. The van der Waals surface area contributed by atoms with E-state index in [-0.39, 0.29) is 36.0 Å². The van der Waals surface area contributed by atoms with Crippen LogP contribution in [0.15, 0.2) is 29.2 Å². The second-order valence-corrected chi connectivity index (χ2v) is 6.56. The van der Waals surface area contributed by atoms with Crippen LogP contribution in [0.3, 0.4) is 0 Å². The van der Waals surface area contributed by atoms with Crippen LogP contribution in [0.5, 0.6) is 0 Å². The van der Waals surface area contributed by atoms with Gasteiger partial charge in [0, 0.05) is 0 Å². The predicted molar refractivity (Wildman–Crippen MR) is 71.5 cm³/mol. The first-order valence-corrected chi connectivity index (χ1v) is 7.66. The van der Waals surface area contributed by atoms with Gasteiger partial charge in [0.1, 0.15) is 5.60 Å². The number of hydrogen-bond donors (Lipinski definition) is 3. The molecule has 1 aliphatic rings. The van der Waals surface area contributed by atoms with Gasteiger partial charge in [-0.25, -0.2) is 0 Å². The predicted octanol–water partition coefficient (Wildman–Crippen LogP) is -0.655. The number of hydrogen-bond acceptors (Lipinski definition) is 7. The molecule has 0 bridgehead atoms. The second kappa shape index (κ2) is 7.73. The molecule has 1 aromatic carbocycles. The maximum Gasteiger partial charge on any atom is 2.00 e. The van der Waals surface area contributed by atoms with Crippen molar-refractivity contribution in [2.24, 2.45) is 0 Å². The fourth-order valence-corrected chi connectivity index (χ4v) is 2.87. The van der Waals surface area contributed by atoms with E-state index in [9.17, 15) is 23.7 Å². The van der Waals surface area contributed by atoms with E-state index < -0.39 is 41.1 Å². The van der Waals surface area contributed by atoms with Gasteiger partial charge in [0.2, 0.25) is 0 Å². The minimum Gasteiger partial charge on any atom is -0.540 e. The molecule has 1 heterocycles. The quantitative estimate of drug-likeness (QED) is 0.327. The molecule has 9 heteroatoms. The van der Waals surface area contributed by atoms with Gasteiger partial charge in [0.25, 0.3) is 10.1 Å². The summed E-state index contributed by atoms with van der Waals surface area (Å²) in [6.45, 7) is 1.43. The Bertz CT molecular complexity index is 589. The molecular formula is C13H17O7SU+. The van der Waals surface area contributed by atoms with Crippen LogP contribution in [-0.2, 0) is 19.0 Å². The number of ether oxygens (including phenoxy) is 1. The molecule has 1 saturated heterocycles. The first-order valence-electron chi connectivity index (χ1n) is 6.25. The first kappa shape index (κ1) is 20.1. The number of aryl methyl sites for hydroxylation is 1. The van der Waals surface area contributed by atoms with E-state index in [0.29, 0.717) is 0 Å². The van der Waals surface area contributed by atoms with E-state index in [2.05, 4.69) is 0 Å². The molecule has 0 aromatic heterocycles. The van der Waals surface area contributed by atoms with Crippen LogP contribution in [0.25, 0.3) is 0 Å². The van der Waals surface area contributed by atoms with Gasteiger partial charge in [-0.3, -0.25) is 4.18 Å². The molecule has 7 nitrogen and oxygen atoms in total. The van der Waals surface area contributed by atoms with E-state index in [0.717, 1.165) is 12.2 Å². The van der Waals surface area contributed by atoms with Crippen LogP contribution in [0, 0.1) is 44.6 Å². The number of benzene rings is 1. The van der Waals surface area contributed by atoms with E-state index in [1.165, 1.54) is 12.1 Å². The molecule has 3 atom stereocenters. The number of aliphatic hydroxyl groups excluding tert-OH is 3. The van der Waals surface area contributed by atoms with Crippen molar-refractivity contribution in [1.82, 2.24) is 0 Å². The van der Waals surface area contributed by atoms with Gasteiger partial charge in [0.05, 0.1) is 24.2 Å². The fourth-order valence-electron chi connectivity index (χ4n) is 1.91. The van der Waals surface area contributed by atoms with Crippen LogP contribution in [-0.4, -0.2) is 54.8 Å². The Balaban J connectivity index is 0.00000242. The van der Waals surface area contributed by atoms with Crippen molar-refractivity contribution in [3.8, 4) is 0 Å². The van der Waals surface area contributed by atoms with Gasteiger partial charge in [-0.05, 0) is 25.2 Å². The number of rotatable bonds is 5. The second-order valence-electron chi connectivity index (χ2n) is 4.94.